The van der Waals surface area contributed by atoms with Gasteiger partial charge in [0.2, 0.25) is 5.91 Å². The maximum atomic E-state index is 12.6. The number of nitrogens with zero attached hydrogens (tertiary/aromatic N) is 1. The summed E-state index contributed by atoms with van der Waals surface area (Å²) in [7, 11) is 0. The van der Waals surface area contributed by atoms with Gasteiger partial charge in [-0.15, -0.1) is 11.3 Å². The Morgan fingerprint density at radius 3 is 2.57 bits per heavy atom. The maximum absolute atomic E-state index is 12.6. The lowest BCUT2D eigenvalue weighted by atomic mass is 10.1. The van der Waals surface area contributed by atoms with Crippen LogP contribution in [0.1, 0.15) is 45.8 Å². The molecule has 2 N–H and O–H groups in total. The number of rotatable bonds is 7. The minimum atomic E-state index is -0.495. The molecule has 3 rings (SSSR count). The summed E-state index contributed by atoms with van der Waals surface area (Å²) in [6.07, 6.45) is 5.53. The van der Waals surface area contributed by atoms with E-state index in [9.17, 15) is 14.4 Å². The molecule has 28 heavy (non-hydrogen) atoms. The molecule has 6 nitrogen and oxygen atoms in total. The van der Waals surface area contributed by atoms with E-state index in [1.165, 1.54) is 33.1 Å². The quantitative estimate of drug-likeness (QED) is 0.571. The highest BCUT2D eigenvalue weighted by Crippen LogP contribution is 2.29. The van der Waals surface area contributed by atoms with Gasteiger partial charge in [-0.2, -0.15) is 0 Å². The van der Waals surface area contributed by atoms with E-state index in [0.717, 1.165) is 25.7 Å². The van der Waals surface area contributed by atoms with Crippen molar-refractivity contribution in [1.82, 2.24) is 0 Å². The number of benzene rings is 1. The molecule has 7 heteroatoms. The number of hydrogen-bond acceptors (Lipinski definition) is 5. The normalized spacial score (nSPS) is 13.3. The lowest BCUT2D eigenvalue weighted by Crippen LogP contribution is -2.37. The Balaban J connectivity index is 1.63. The Bertz CT molecular complexity index is 824. The fraction of sp³-hybridized carbons (Fsp3) is 0.381. The number of fused-ring (bicyclic) bond motifs is 1. The largest absolute Gasteiger partial charge is 0.451 e. The molecule has 2 amide bonds. The zero-order valence-electron chi connectivity index (χ0n) is 15.7. The number of aryl methyl sites for hydroxylation is 2. The minimum Gasteiger partial charge on any atom is -0.451 e. The fourth-order valence-electron chi connectivity index (χ4n) is 3.27. The molecule has 0 saturated heterocycles. The number of thiophene rings is 1. The molecule has 0 saturated carbocycles. The number of esters is 1. The summed E-state index contributed by atoms with van der Waals surface area (Å²) in [5.74, 6) is -1.36. The van der Waals surface area contributed by atoms with Gasteiger partial charge >= 0.3 is 5.97 Å². The number of carbonyl (C=O) groups excluding carboxylic acids is 3. The van der Waals surface area contributed by atoms with Crippen LogP contribution in [0.2, 0.25) is 0 Å². The van der Waals surface area contributed by atoms with Crippen LogP contribution in [0.3, 0.4) is 0 Å². The highest BCUT2D eigenvalue weighted by Gasteiger charge is 2.21. The Kier molecular flexibility index (Phi) is 6.81. The van der Waals surface area contributed by atoms with Crippen LogP contribution in [0.5, 0.6) is 0 Å². The van der Waals surface area contributed by atoms with Crippen molar-refractivity contribution >= 4 is 34.8 Å². The van der Waals surface area contributed by atoms with Gasteiger partial charge in [0.15, 0.2) is 6.61 Å². The summed E-state index contributed by atoms with van der Waals surface area (Å²) in [6, 6.07) is 10.9. The number of carbonyl (C=O) groups is 3. The van der Waals surface area contributed by atoms with Crippen LogP contribution in [0.4, 0.5) is 5.69 Å². The first-order valence-corrected chi connectivity index (χ1v) is 10.3. The maximum Gasteiger partial charge on any atom is 0.348 e. The van der Waals surface area contributed by atoms with Gasteiger partial charge in [0.05, 0.1) is 0 Å². The summed E-state index contributed by atoms with van der Waals surface area (Å²) >= 11 is 1.47. The van der Waals surface area contributed by atoms with Crippen LogP contribution in [-0.2, 0) is 27.2 Å². The van der Waals surface area contributed by atoms with E-state index in [1.54, 1.807) is 24.3 Å². The van der Waals surface area contributed by atoms with Crippen LogP contribution in [0.25, 0.3) is 0 Å². The Labute approximate surface area is 168 Å². The number of nitrogens with two attached hydrogens (primary N) is 1. The summed E-state index contributed by atoms with van der Waals surface area (Å²) < 4.78 is 5.27. The Morgan fingerprint density at radius 1 is 1.07 bits per heavy atom. The molecule has 0 fully saturated rings. The number of anilines is 1. The van der Waals surface area contributed by atoms with E-state index in [2.05, 4.69) is 0 Å². The molecule has 148 valence electrons. The zero-order chi connectivity index (χ0) is 19.9. The minimum absolute atomic E-state index is 0.0340. The molecular weight excluding hydrogens is 376 g/mol. The van der Waals surface area contributed by atoms with Crippen molar-refractivity contribution in [3.63, 3.8) is 0 Å². The molecule has 0 spiro atoms. The van der Waals surface area contributed by atoms with Gasteiger partial charge in [-0.25, -0.2) is 4.79 Å². The second-order valence-corrected chi connectivity index (χ2v) is 7.93. The standard InChI is InChI=1S/C21H24N2O4S/c22-19(24)11-12-23(16-8-4-2-5-9-16)20(25)14-27-21(26)18-13-15-7-3-1-6-10-17(15)28-18/h2,4-5,8-9,13H,1,3,6-7,10-12,14H2,(H2,22,24). The fourth-order valence-corrected chi connectivity index (χ4v) is 4.42. The van der Waals surface area contributed by atoms with Crippen LogP contribution in [-0.4, -0.2) is 30.9 Å². The van der Waals surface area contributed by atoms with Gasteiger partial charge in [0, 0.05) is 23.5 Å². The summed E-state index contributed by atoms with van der Waals surface area (Å²) in [5, 5.41) is 0. The first-order valence-electron chi connectivity index (χ1n) is 9.47. The number of amides is 2. The second-order valence-electron chi connectivity index (χ2n) is 6.79. The van der Waals surface area contributed by atoms with Gasteiger partial charge in [0.1, 0.15) is 4.88 Å². The molecule has 0 atom stereocenters. The molecule has 1 aromatic carbocycles. The van der Waals surface area contributed by atoms with Gasteiger partial charge in [0.25, 0.3) is 5.91 Å². The van der Waals surface area contributed by atoms with Gasteiger partial charge in [-0.3, -0.25) is 9.59 Å². The first kappa shape index (κ1) is 20.1. The van der Waals surface area contributed by atoms with Crippen LogP contribution >= 0.6 is 11.3 Å². The topological polar surface area (TPSA) is 89.7 Å². The van der Waals surface area contributed by atoms with Crippen LogP contribution in [0, 0.1) is 0 Å². The van der Waals surface area contributed by atoms with Crippen molar-refractivity contribution in [2.75, 3.05) is 18.1 Å². The average molecular weight is 401 g/mol. The van der Waals surface area contributed by atoms with Crippen LogP contribution in [0.15, 0.2) is 36.4 Å². The van der Waals surface area contributed by atoms with Gasteiger partial charge in [-0.1, -0.05) is 24.6 Å². The third kappa shape index (κ3) is 5.19. The average Bonchev–Trinajstić information content (AvgIpc) is 2.97. The zero-order valence-corrected chi connectivity index (χ0v) is 16.5. The summed E-state index contributed by atoms with van der Waals surface area (Å²) in [5.41, 5.74) is 7.08. The van der Waals surface area contributed by atoms with Crippen molar-refractivity contribution in [2.24, 2.45) is 5.73 Å². The van der Waals surface area contributed by atoms with Gasteiger partial charge < -0.3 is 15.4 Å². The van der Waals surface area contributed by atoms with E-state index in [-0.39, 0.29) is 25.5 Å². The van der Waals surface area contributed by atoms with Gasteiger partial charge in [-0.05, 0) is 49.4 Å². The predicted octanol–water partition coefficient (Wildman–Crippen LogP) is 3.08. The van der Waals surface area contributed by atoms with E-state index in [0.29, 0.717) is 10.6 Å². The summed E-state index contributed by atoms with van der Waals surface area (Å²) in [4.78, 5) is 39.4. The molecule has 0 unspecified atom stereocenters. The monoisotopic (exact) mass is 400 g/mol. The number of primary amides is 1. The molecule has 1 aliphatic rings. The highest BCUT2D eigenvalue weighted by atomic mass is 32.1. The number of para-hydroxylation sites is 1. The SMILES string of the molecule is NC(=O)CCN(C(=O)COC(=O)c1cc2c(s1)CCCCC2)c1ccccc1. The van der Waals surface area contributed by atoms with E-state index >= 15 is 0 Å². The highest BCUT2D eigenvalue weighted by molar-refractivity contribution is 7.14. The van der Waals surface area contributed by atoms with Crippen LogP contribution < -0.4 is 10.6 Å². The molecule has 0 radical (unpaired) electrons. The molecule has 1 heterocycles. The molecular formula is C21H24N2O4S. The smallest absolute Gasteiger partial charge is 0.348 e. The van der Waals surface area contributed by atoms with Crippen molar-refractivity contribution in [1.29, 1.82) is 0 Å². The van der Waals surface area contributed by atoms with E-state index in [4.69, 9.17) is 10.5 Å². The molecule has 0 bridgehead atoms. The molecule has 1 aliphatic carbocycles. The summed E-state index contributed by atoms with van der Waals surface area (Å²) in [6.45, 7) is -0.238. The Morgan fingerprint density at radius 2 is 1.82 bits per heavy atom. The first-order chi connectivity index (χ1) is 13.5. The molecule has 1 aromatic heterocycles. The van der Waals surface area contributed by atoms with Crippen molar-refractivity contribution in [3.05, 3.63) is 51.7 Å². The second kappa shape index (κ2) is 9.50. The lowest BCUT2D eigenvalue weighted by Gasteiger charge is -2.22. The third-order valence-corrected chi connectivity index (χ3v) is 5.94. The van der Waals surface area contributed by atoms with Crippen molar-refractivity contribution < 1.29 is 19.1 Å². The Hall–Kier alpha value is -2.67. The van der Waals surface area contributed by atoms with Crippen molar-refractivity contribution in [3.8, 4) is 0 Å². The van der Waals surface area contributed by atoms with E-state index < -0.39 is 11.9 Å². The van der Waals surface area contributed by atoms with Crippen molar-refractivity contribution in [2.45, 2.75) is 38.5 Å². The number of hydrogen-bond donors (Lipinski definition) is 1. The molecule has 0 aliphatic heterocycles. The number of ether oxygens (including phenoxy) is 1. The van der Waals surface area contributed by atoms with E-state index in [1.807, 2.05) is 12.1 Å². The molecule has 2 aromatic rings. The third-order valence-electron chi connectivity index (χ3n) is 4.73. The predicted molar refractivity (Wildman–Crippen MR) is 108 cm³/mol. The lowest BCUT2D eigenvalue weighted by molar-refractivity contribution is -0.121.